The lowest BCUT2D eigenvalue weighted by Crippen LogP contribution is -2.04. The monoisotopic (exact) mass is 308 g/mol. The number of Topliss-reactive ketones (excluding diaryl/α,β-unsaturated/α-hetero) is 2. The fourth-order valence-corrected chi connectivity index (χ4v) is 2.36. The number of allylic oxidation sites excluding steroid dienone is 2. The summed E-state index contributed by atoms with van der Waals surface area (Å²) in [4.78, 5) is 33.5. The van der Waals surface area contributed by atoms with Crippen LogP contribution in [-0.4, -0.2) is 17.9 Å². The molecule has 0 heterocycles. The van der Waals surface area contributed by atoms with Gasteiger partial charge in [0, 0.05) is 32.1 Å². The zero-order chi connectivity index (χ0) is 16.5. The summed E-state index contributed by atoms with van der Waals surface area (Å²) in [5.74, 6) is 0.442. The zero-order valence-electron chi connectivity index (χ0n) is 14.1. The Hall–Kier alpha value is -1.25. The fourth-order valence-electron chi connectivity index (χ4n) is 2.36. The summed E-state index contributed by atoms with van der Waals surface area (Å²) in [6, 6.07) is 0. The molecule has 0 amide bonds. The molecule has 0 aromatic heterocycles. The molecule has 0 rings (SSSR count). The van der Waals surface area contributed by atoms with Gasteiger partial charge < -0.3 is 4.79 Å². The van der Waals surface area contributed by atoms with Gasteiger partial charge in [0.1, 0.15) is 17.9 Å². The van der Waals surface area contributed by atoms with Crippen molar-refractivity contribution in [2.45, 2.75) is 90.4 Å². The molecule has 0 saturated heterocycles. The second kappa shape index (κ2) is 16.1. The molecule has 0 aliphatic carbocycles. The minimum Gasteiger partial charge on any atom is -0.303 e. The highest BCUT2D eigenvalue weighted by Gasteiger charge is 2.07. The Morgan fingerprint density at radius 2 is 1.18 bits per heavy atom. The minimum atomic E-state index is 0.218. The van der Waals surface area contributed by atoms with Gasteiger partial charge in [0.25, 0.3) is 0 Å². The van der Waals surface area contributed by atoms with Crippen LogP contribution in [0.4, 0.5) is 0 Å². The van der Waals surface area contributed by atoms with E-state index in [1.165, 1.54) is 0 Å². The summed E-state index contributed by atoms with van der Waals surface area (Å²) in [6.07, 6.45) is 15.9. The van der Waals surface area contributed by atoms with Gasteiger partial charge in [-0.3, -0.25) is 9.59 Å². The van der Waals surface area contributed by atoms with E-state index in [1.807, 2.05) is 13.0 Å². The van der Waals surface area contributed by atoms with Crippen molar-refractivity contribution in [1.82, 2.24) is 0 Å². The number of ketones is 2. The molecule has 0 saturated carbocycles. The summed E-state index contributed by atoms with van der Waals surface area (Å²) in [5, 5.41) is 0. The predicted octanol–water partition coefficient (Wildman–Crippen LogP) is 4.97. The number of hydrogen-bond donors (Lipinski definition) is 0. The van der Waals surface area contributed by atoms with Gasteiger partial charge in [-0.1, -0.05) is 31.4 Å². The number of hydrogen-bond acceptors (Lipinski definition) is 3. The van der Waals surface area contributed by atoms with E-state index in [0.717, 1.165) is 57.7 Å². The Labute approximate surface area is 135 Å². The van der Waals surface area contributed by atoms with E-state index in [1.54, 1.807) is 0 Å². The SMILES string of the molecule is CC=CCCCCC(=O)CCC(=O)CCCCCCCC=O. The van der Waals surface area contributed by atoms with Crippen LogP contribution < -0.4 is 0 Å². The summed E-state index contributed by atoms with van der Waals surface area (Å²) in [6.45, 7) is 2.00. The molecule has 0 fully saturated rings. The average Bonchev–Trinajstić information content (AvgIpc) is 2.52. The smallest absolute Gasteiger partial charge is 0.133 e. The molecule has 0 aromatic rings. The number of rotatable bonds is 16. The van der Waals surface area contributed by atoms with Gasteiger partial charge in [0.2, 0.25) is 0 Å². The molecule has 3 nitrogen and oxygen atoms in total. The Morgan fingerprint density at radius 1 is 0.682 bits per heavy atom. The summed E-state index contributed by atoms with van der Waals surface area (Å²) < 4.78 is 0. The molecule has 0 spiro atoms. The molecular formula is C19H32O3. The van der Waals surface area contributed by atoms with Crippen LogP contribution in [0.3, 0.4) is 0 Å². The molecule has 0 aliphatic heterocycles. The topological polar surface area (TPSA) is 51.2 Å². The average molecular weight is 308 g/mol. The van der Waals surface area contributed by atoms with Crippen LogP contribution in [0.1, 0.15) is 90.4 Å². The Kier molecular flexibility index (Phi) is 15.2. The van der Waals surface area contributed by atoms with Crippen LogP contribution in [0.15, 0.2) is 12.2 Å². The first-order chi connectivity index (χ1) is 10.7. The quantitative estimate of drug-likeness (QED) is 0.230. The van der Waals surface area contributed by atoms with Crippen molar-refractivity contribution in [2.75, 3.05) is 0 Å². The van der Waals surface area contributed by atoms with Crippen molar-refractivity contribution in [3.05, 3.63) is 12.2 Å². The summed E-state index contributed by atoms with van der Waals surface area (Å²) in [7, 11) is 0. The normalized spacial score (nSPS) is 11.0. The van der Waals surface area contributed by atoms with Crippen LogP contribution in [0, 0.1) is 0 Å². The van der Waals surface area contributed by atoms with Gasteiger partial charge in [-0.05, 0) is 39.0 Å². The van der Waals surface area contributed by atoms with Crippen molar-refractivity contribution in [3.8, 4) is 0 Å². The molecular weight excluding hydrogens is 276 g/mol. The van der Waals surface area contributed by atoms with Crippen LogP contribution in [-0.2, 0) is 14.4 Å². The first-order valence-corrected chi connectivity index (χ1v) is 8.79. The molecule has 0 bridgehead atoms. The maximum atomic E-state index is 11.7. The molecule has 0 radical (unpaired) electrons. The highest BCUT2D eigenvalue weighted by molar-refractivity contribution is 5.85. The summed E-state index contributed by atoms with van der Waals surface area (Å²) >= 11 is 0. The minimum absolute atomic E-state index is 0.218. The van der Waals surface area contributed by atoms with E-state index >= 15 is 0 Å². The first kappa shape index (κ1) is 20.8. The zero-order valence-corrected chi connectivity index (χ0v) is 14.1. The fraction of sp³-hybridized carbons (Fsp3) is 0.737. The van der Waals surface area contributed by atoms with Gasteiger partial charge in [-0.25, -0.2) is 0 Å². The first-order valence-electron chi connectivity index (χ1n) is 8.79. The van der Waals surface area contributed by atoms with Crippen molar-refractivity contribution in [1.29, 1.82) is 0 Å². The van der Waals surface area contributed by atoms with E-state index in [0.29, 0.717) is 32.1 Å². The molecule has 126 valence electrons. The molecule has 0 atom stereocenters. The van der Waals surface area contributed by atoms with Crippen molar-refractivity contribution in [3.63, 3.8) is 0 Å². The lowest BCUT2D eigenvalue weighted by Gasteiger charge is -2.02. The van der Waals surface area contributed by atoms with E-state index in [4.69, 9.17) is 0 Å². The second-order valence-electron chi connectivity index (χ2n) is 5.87. The lowest BCUT2D eigenvalue weighted by atomic mass is 10.0. The maximum Gasteiger partial charge on any atom is 0.133 e. The van der Waals surface area contributed by atoms with Crippen LogP contribution in [0.5, 0.6) is 0 Å². The van der Waals surface area contributed by atoms with E-state index in [2.05, 4.69) is 6.08 Å². The van der Waals surface area contributed by atoms with Crippen LogP contribution in [0.25, 0.3) is 0 Å². The van der Waals surface area contributed by atoms with Crippen LogP contribution >= 0.6 is 0 Å². The van der Waals surface area contributed by atoms with Crippen molar-refractivity contribution in [2.24, 2.45) is 0 Å². The highest BCUT2D eigenvalue weighted by atomic mass is 16.1. The Bertz CT molecular complexity index is 332. The van der Waals surface area contributed by atoms with E-state index < -0.39 is 0 Å². The molecule has 0 N–H and O–H groups in total. The number of unbranched alkanes of at least 4 members (excludes halogenated alkanes) is 7. The third kappa shape index (κ3) is 15.1. The molecule has 22 heavy (non-hydrogen) atoms. The highest BCUT2D eigenvalue weighted by Crippen LogP contribution is 2.10. The lowest BCUT2D eigenvalue weighted by molar-refractivity contribution is -0.124. The van der Waals surface area contributed by atoms with Gasteiger partial charge in [-0.15, -0.1) is 0 Å². The third-order valence-corrected chi connectivity index (χ3v) is 3.77. The molecule has 3 heteroatoms. The number of aldehydes is 1. The summed E-state index contributed by atoms with van der Waals surface area (Å²) in [5.41, 5.74) is 0. The third-order valence-electron chi connectivity index (χ3n) is 3.77. The molecule has 0 aromatic carbocycles. The van der Waals surface area contributed by atoms with E-state index in [9.17, 15) is 14.4 Å². The molecule has 0 unspecified atom stereocenters. The second-order valence-corrected chi connectivity index (χ2v) is 5.87. The Balaban J connectivity index is 3.40. The van der Waals surface area contributed by atoms with Gasteiger partial charge in [-0.2, -0.15) is 0 Å². The molecule has 0 aliphatic rings. The van der Waals surface area contributed by atoms with Crippen LogP contribution in [0.2, 0.25) is 0 Å². The maximum absolute atomic E-state index is 11.7. The van der Waals surface area contributed by atoms with E-state index in [-0.39, 0.29) is 11.6 Å². The van der Waals surface area contributed by atoms with Gasteiger partial charge in [0.05, 0.1) is 0 Å². The van der Waals surface area contributed by atoms with Crippen molar-refractivity contribution < 1.29 is 14.4 Å². The number of carbonyl (C=O) groups is 3. The van der Waals surface area contributed by atoms with Gasteiger partial charge in [0.15, 0.2) is 0 Å². The predicted molar refractivity (Wildman–Crippen MR) is 90.9 cm³/mol. The largest absolute Gasteiger partial charge is 0.303 e. The number of carbonyl (C=O) groups excluding carboxylic acids is 3. The van der Waals surface area contributed by atoms with Gasteiger partial charge >= 0.3 is 0 Å². The Morgan fingerprint density at radius 3 is 1.77 bits per heavy atom. The standard InChI is InChI=1S/C19H32O3/c1-2-3-4-7-10-13-18(21)15-16-19(22)14-11-8-5-6-9-12-17-20/h2-3,17H,4-16H2,1H3. The van der Waals surface area contributed by atoms with Crippen molar-refractivity contribution >= 4 is 17.9 Å².